The summed E-state index contributed by atoms with van der Waals surface area (Å²) in [4.78, 5) is 2.52. The van der Waals surface area contributed by atoms with Crippen LogP contribution in [0.3, 0.4) is 0 Å². The van der Waals surface area contributed by atoms with E-state index in [4.69, 9.17) is 0 Å². The highest BCUT2D eigenvalue weighted by molar-refractivity contribution is 7.26. The van der Waals surface area contributed by atoms with E-state index in [0.29, 0.717) is 0 Å². The maximum absolute atomic E-state index is 2.52. The van der Waals surface area contributed by atoms with E-state index in [0.717, 1.165) is 17.1 Å². The van der Waals surface area contributed by atoms with Gasteiger partial charge >= 0.3 is 0 Å². The predicted molar refractivity (Wildman–Crippen MR) is 253 cm³/mol. The smallest absolute Gasteiger partial charge is 0.0547 e. The highest BCUT2D eigenvalue weighted by Gasteiger charge is 2.36. The molecule has 1 aliphatic rings. The topological polar surface area (TPSA) is 3.24 Å². The van der Waals surface area contributed by atoms with Crippen molar-refractivity contribution in [2.75, 3.05) is 4.90 Å². The van der Waals surface area contributed by atoms with Crippen LogP contribution in [0.4, 0.5) is 17.1 Å². The van der Waals surface area contributed by atoms with Crippen LogP contribution in [0, 0.1) is 0 Å². The maximum atomic E-state index is 2.52. The lowest BCUT2D eigenvalue weighted by molar-refractivity contribution is 0.660. The van der Waals surface area contributed by atoms with E-state index in [1.54, 1.807) is 0 Å². The Morgan fingerprint density at radius 2 is 0.949 bits per heavy atom. The highest BCUT2D eigenvalue weighted by atomic mass is 32.1. The molecule has 10 aromatic rings. The second-order valence-corrected chi connectivity index (χ2v) is 17.2. The van der Waals surface area contributed by atoms with Crippen LogP contribution in [0.2, 0.25) is 0 Å². The summed E-state index contributed by atoms with van der Waals surface area (Å²) in [6, 6.07) is 78.2. The summed E-state index contributed by atoms with van der Waals surface area (Å²) in [6.45, 7) is 4.75. The summed E-state index contributed by atoms with van der Waals surface area (Å²) in [5.41, 5.74) is 18.2. The van der Waals surface area contributed by atoms with Crippen LogP contribution >= 0.6 is 11.3 Å². The molecule has 280 valence electrons. The molecule has 1 nitrogen and oxygen atoms in total. The number of fused-ring (bicyclic) bond motifs is 6. The van der Waals surface area contributed by atoms with Crippen molar-refractivity contribution in [3.8, 4) is 55.6 Å². The fourth-order valence-electron chi connectivity index (χ4n) is 9.42. The Morgan fingerprint density at radius 3 is 1.71 bits per heavy atom. The number of hydrogen-bond acceptors (Lipinski definition) is 2. The molecule has 0 radical (unpaired) electrons. The van der Waals surface area contributed by atoms with E-state index >= 15 is 0 Å². The number of benzene rings is 9. The van der Waals surface area contributed by atoms with Crippen molar-refractivity contribution in [1.82, 2.24) is 0 Å². The van der Waals surface area contributed by atoms with E-state index < -0.39 is 0 Å². The van der Waals surface area contributed by atoms with Crippen molar-refractivity contribution in [2.24, 2.45) is 0 Å². The molecular weight excluding hydrogens is 731 g/mol. The van der Waals surface area contributed by atoms with Crippen LogP contribution in [0.5, 0.6) is 0 Å². The third-order valence-corrected chi connectivity index (χ3v) is 13.4. The Morgan fingerprint density at radius 1 is 0.373 bits per heavy atom. The van der Waals surface area contributed by atoms with Crippen LogP contribution in [0.15, 0.2) is 212 Å². The van der Waals surface area contributed by atoms with Crippen molar-refractivity contribution in [1.29, 1.82) is 0 Å². The van der Waals surface area contributed by atoms with Gasteiger partial charge in [-0.2, -0.15) is 0 Å². The Kier molecular flexibility index (Phi) is 8.43. The van der Waals surface area contributed by atoms with Gasteiger partial charge in [0.05, 0.1) is 5.69 Å². The average Bonchev–Trinajstić information content (AvgIpc) is 3.79. The molecule has 0 saturated heterocycles. The third-order valence-electron chi connectivity index (χ3n) is 12.3. The number of nitrogens with zero attached hydrogens (tertiary/aromatic N) is 1. The molecule has 9 aromatic carbocycles. The Bertz CT molecular complexity index is 3180. The zero-order valence-corrected chi connectivity index (χ0v) is 33.9. The number of hydrogen-bond donors (Lipinski definition) is 0. The summed E-state index contributed by atoms with van der Waals surface area (Å²) in [6.07, 6.45) is 0. The van der Waals surface area contributed by atoms with Gasteiger partial charge in [-0.05, 0) is 110 Å². The van der Waals surface area contributed by atoms with E-state index in [1.165, 1.54) is 86.9 Å². The number of anilines is 3. The molecule has 0 aliphatic heterocycles. The van der Waals surface area contributed by atoms with Crippen LogP contribution in [0.1, 0.15) is 25.0 Å². The molecule has 0 fully saturated rings. The molecule has 1 aromatic heterocycles. The second kappa shape index (κ2) is 14.1. The molecule has 0 unspecified atom stereocenters. The van der Waals surface area contributed by atoms with Gasteiger partial charge in [0.1, 0.15) is 0 Å². The first-order valence-corrected chi connectivity index (χ1v) is 21.2. The van der Waals surface area contributed by atoms with Gasteiger partial charge in [-0.1, -0.05) is 178 Å². The lowest BCUT2D eigenvalue weighted by Crippen LogP contribution is -2.17. The zero-order chi connectivity index (χ0) is 39.5. The van der Waals surface area contributed by atoms with E-state index in [-0.39, 0.29) is 5.41 Å². The molecule has 2 heteroatoms. The zero-order valence-electron chi connectivity index (χ0n) is 33.1. The first-order chi connectivity index (χ1) is 29.0. The second-order valence-electron chi connectivity index (χ2n) is 16.1. The van der Waals surface area contributed by atoms with Crippen molar-refractivity contribution < 1.29 is 0 Å². The SMILES string of the molecule is CC1(C)c2ccccc2-c2ccc(N(c3ccc(-c4ccccc4)c(-c4ccccc4)c3)c3ccc4sc5ccccc5c4c3-c3cccc(-c4ccccc4)c3)cc21. The van der Waals surface area contributed by atoms with Crippen molar-refractivity contribution >= 4 is 48.6 Å². The lowest BCUT2D eigenvalue weighted by atomic mass is 9.82. The molecular formula is C57H41NS. The molecule has 0 N–H and O–H groups in total. The summed E-state index contributed by atoms with van der Waals surface area (Å²) in [5, 5.41) is 2.57. The number of rotatable bonds is 7. The third kappa shape index (κ3) is 5.91. The van der Waals surface area contributed by atoms with Crippen LogP contribution in [0.25, 0.3) is 75.8 Å². The van der Waals surface area contributed by atoms with Gasteiger partial charge in [-0.15, -0.1) is 11.3 Å². The Hall–Kier alpha value is -7.00. The lowest BCUT2D eigenvalue weighted by Gasteiger charge is -2.31. The normalized spacial score (nSPS) is 12.7. The van der Waals surface area contributed by atoms with E-state index in [1.807, 2.05) is 11.3 Å². The van der Waals surface area contributed by atoms with Gasteiger partial charge in [-0.25, -0.2) is 0 Å². The Balaban J connectivity index is 1.22. The van der Waals surface area contributed by atoms with Gasteiger partial charge < -0.3 is 4.90 Å². The predicted octanol–water partition coefficient (Wildman–Crippen LogP) is 16.5. The minimum Gasteiger partial charge on any atom is -0.310 e. The molecule has 0 atom stereocenters. The quantitative estimate of drug-likeness (QED) is 0.156. The summed E-state index contributed by atoms with van der Waals surface area (Å²) < 4.78 is 2.58. The molecule has 0 bridgehead atoms. The monoisotopic (exact) mass is 771 g/mol. The van der Waals surface area contributed by atoms with Gasteiger partial charge in [0.15, 0.2) is 0 Å². The largest absolute Gasteiger partial charge is 0.310 e. The first kappa shape index (κ1) is 35.2. The summed E-state index contributed by atoms with van der Waals surface area (Å²) in [7, 11) is 0. The highest BCUT2D eigenvalue weighted by Crippen LogP contribution is 2.53. The van der Waals surface area contributed by atoms with E-state index in [9.17, 15) is 0 Å². The van der Waals surface area contributed by atoms with Gasteiger partial charge in [0.2, 0.25) is 0 Å². The molecule has 0 saturated carbocycles. The van der Waals surface area contributed by atoms with Crippen molar-refractivity contribution in [3.63, 3.8) is 0 Å². The Labute approximate surface area is 350 Å². The standard InChI is InChI=1S/C57H41NS/c1-57(2)50-27-14-12-25-46(50)47-32-30-44(37-51(47)57)58(43-29-31-45(39-19-8-4-9-20-39)49(36-43)40-21-10-5-11-22-40)52-33-34-54-56(48-26-13-15-28-53(48)59-54)55(52)42-24-16-23-41(35-42)38-17-6-3-7-18-38/h3-37H,1-2H3. The van der Waals surface area contributed by atoms with E-state index in [2.05, 4.69) is 231 Å². The van der Waals surface area contributed by atoms with Crippen LogP contribution in [-0.2, 0) is 5.41 Å². The van der Waals surface area contributed by atoms with Crippen molar-refractivity contribution in [3.05, 3.63) is 223 Å². The first-order valence-electron chi connectivity index (χ1n) is 20.4. The fraction of sp³-hybridized carbons (Fsp3) is 0.0526. The maximum Gasteiger partial charge on any atom is 0.0547 e. The summed E-state index contributed by atoms with van der Waals surface area (Å²) in [5.74, 6) is 0. The van der Waals surface area contributed by atoms with Gasteiger partial charge in [0.25, 0.3) is 0 Å². The fourth-order valence-corrected chi connectivity index (χ4v) is 10.5. The van der Waals surface area contributed by atoms with Gasteiger partial charge in [0, 0.05) is 42.5 Å². The molecule has 0 spiro atoms. The van der Waals surface area contributed by atoms with Crippen LogP contribution in [-0.4, -0.2) is 0 Å². The molecule has 1 heterocycles. The molecule has 59 heavy (non-hydrogen) atoms. The van der Waals surface area contributed by atoms with Crippen molar-refractivity contribution in [2.45, 2.75) is 19.3 Å². The van der Waals surface area contributed by atoms with Crippen LogP contribution < -0.4 is 4.90 Å². The van der Waals surface area contributed by atoms with Gasteiger partial charge in [-0.3, -0.25) is 0 Å². The average molecular weight is 772 g/mol. The minimum absolute atomic E-state index is 0.152. The molecule has 11 rings (SSSR count). The minimum atomic E-state index is -0.152. The molecule has 1 aliphatic carbocycles. The summed E-state index contributed by atoms with van der Waals surface area (Å²) >= 11 is 1.87. The number of thiophene rings is 1. The molecule has 0 amide bonds.